The fourth-order valence-electron chi connectivity index (χ4n) is 1.68. The molecule has 0 bridgehead atoms. The van der Waals surface area contributed by atoms with Gasteiger partial charge in [0.25, 0.3) is 0 Å². The number of aryl methyl sites for hydroxylation is 1. The lowest BCUT2D eigenvalue weighted by Crippen LogP contribution is -2.14. The van der Waals surface area contributed by atoms with E-state index in [2.05, 4.69) is 9.97 Å². The summed E-state index contributed by atoms with van der Waals surface area (Å²) in [6.45, 7) is 1.94. The third-order valence-corrected chi connectivity index (χ3v) is 2.81. The molecule has 0 spiro atoms. The Hall–Kier alpha value is -2.21. The molecule has 0 aliphatic carbocycles. The van der Waals surface area contributed by atoms with E-state index in [9.17, 15) is 10.1 Å². The van der Waals surface area contributed by atoms with E-state index in [0.29, 0.717) is 0 Å². The number of aromatic nitrogens is 2. The molecule has 2 rings (SSSR count). The van der Waals surface area contributed by atoms with Gasteiger partial charge in [0.2, 0.25) is 11.1 Å². The van der Waals surface area contributed by atoms with E-state index in [0.717, 1.165) is 17.4 Å². The summed E-state index contributed by atoms with van der Waals surface area (Å²) in [6, 6.07) is 7.56. The van der Waals surface area contributed by atoms with Crippen LogP contribution in [0.2, 0.25) is 5.28 Å². The minimum absolute atomic E-state index is 0.0277. The minimum Gasteiger partial charge on any atom is -0.324 e. The van der Waals surface area contributed by atoms with E-state index in [1.807, 2.05) is 31.2 Å². The molecular weight excluding hydrogens is 268 g/mol. The zero-order valence-electron chi connectivity index (χ0n) is 10.4. The highest BCUT2D eigenvalue weighted by molar-refractivity contribution is 6.28. The number of anilines is 2. The summed E-state index contributed by atoms with van der Waals surface area (Å²) in [5, 5.41) is 11.0. The molecule has 0 unspecified atom stereocenters. The molecule has 1 aromatic heterocycles. The van der Waals surface area contributed by atoms with Crippen molar-refractivity contribution in [1.29, 1.82) is 0 Å². The van der Waals surface area contributed by atoms with E-state index < -0.39 is 4.92 Å². The molecule has 0 saturated carbocycles. The molecule has 7 heteroatoms. The second-order valence-electron chi connectivity index (χ2n) is 4.00. The Labute approximate surface area is 114 Å². The molecule has 0 N–H and O–H groups in total. The highest BCUT2D eigenvalue weighted by atomic mass is 35.5. The van der Waals surface area contributed by atoms with Crippen LogP contribution >= 0.6 is 11.6 Å². The average molecular weight is 279 g/mol. The number of benzene rings is 1. The summed E-state index contributed by atoms with van der Waals surface area (Å²) in [5.74, 6) is 0.163. The molecule has 98 valence electrons. The number of halogens is 1. The summed E-state index contributed by atoms with van der Waals surface area (Å²) in [7, 11) is 1.69. The van der Waals surface area contributed by atoms with Crippen molar-refractivity contribution in [3.8, 4) is 0 Å². The number of nitrogens with zero attached hydrogens (tertiary/aromatic N) is 4. The average Bonchev–Trinajstić information content (AvgIpc) is 2.37. The maximum atomic E-state index is 11.0. The van der Waals surface area contributed by atoms with E-state index in [1.165, 1.54) is 0 Å². The number of hydrogen-bond donors (Lipinski definition) is 0. The standard InChI is InChI=1S/C12H11ClN4O2/c1-8-4-3-5-9(6-8)16(2)11-10(17(18)19)7-14-12(13)15-11/h3-7H,1-2H3. The van der Waals surface area contributed by atoms with Gasteiger partial charge in [0.05, 0.1) is 4.92 Å². The van der Waals surface area contributed by atoms with Gasteiger partial charge in [-0.05, 0) is 36.2 Å². The van der Waals surface area contributed by atoms with Gasteiger partial charge in [-0.25, -0.2) is 4.98 Å². The molecule has 0 amide bonds. The lowest BCUT2D eigenvalue weighted by Gasteiger charge is -2.18. The van der Waals surface area contributed by atoms with Crippen LogP contribution in [0.15, 0.2) is 30.5 Å². The SMILES string of the molecule is Cc1cccc(N(C)c2nc(Cl)ncc2[N+](=O)[O-])c1. The van der Waals surface area contributed by atoms with Crippen LogP contribution in [0.5, 0.6) is 0 Å². The van der Waals surface area contributed by atoms with Gasteiger partial charge in [-0.2, -0.15) is 4.98 Å². The molecule has 19 heavy (non-hydrogen) atoms. The third-order valence-electron chi connectivity index (χ3n) is 2.62. The Balaban J connectivity index is 2.51. The molecule has 1 heterocycles. The normalized spacial score (nSPS) is 10.3. The van der Waals surface area contributed by atoms with Crippen LogP contribution in [0.3, 0.4) is 0 Å². The van der Waals surface area contributed by atoms with Crippen molar-refractivity contribution in [2.24, 2.45) is 0 Å². The van der Waals surface area contributed by atoms with Crippen molar-refractivity contribution in [3.05, 3.63) is 51.4 Å². The predicted molar refractivity (Wildman–Crippen MR) is 72.9 cm³/mol. The molecule has 0 saturated heterocycles. The second-order valence-corrected chi connectivity index (χ2v) is 4.34. The van der Waals surface area contributed by atoms with Crippen LogP contribution < -0.4 is 4.90 Å². The van der Waals surface area contributed by atoms with E-state index >= 15 is 0 Å². The minimum atomic E-state index is -0.530. The Morgan fingerprint density at radius 1 is 1.42 bits per heavy atom. The molecule has 0 atom stereocenters. The summed E-state index contributed by atoms with van der Waals surface area (Å²) < 4.78 is 0. The van der Waals surface area contributed by atoms with Gasteiger partial charge in [0.1, 0.15) is 6.20 Å². The lowest BCUT2D eigenvalue weighted by molar-refractivity contribution is -0.384. The summed E-state index contributed by atoms with van der Waals surface area (Å²) in [5.41, 5.74) is 1.65. The molecule has 2 aromatic rings. The van der Waals surface area contributed by atoms with E-state index in [-0.39, 0.29) is 16.8 Å². The van der Waals surface area contributed by atoms with Crippen LogP contribution in [0.1, 0.15) is 5.56 Å². The monoisotopic (exact) mass is 278 g/mol. The lowest BCUT2D eigenvalue weighted by atomic mass is 10.2. The summed E-state index contributed by atoms with van der Waals surface area (Å²) in [4.78, 5) is 19.7. The Bertz CT molecular complexity index is 633. The third kappa shape index (κ3) is 2.79. The first kappa shape index (κ1) is 13.2. The smallest absolute Gasteiger partial charge is 0.324 e. The molecule has 0 radical (unpaired) electrons. The van der Waals surface area contributed by atoms with Gasteiger partial charge in [0, 0.05) is 12.7 Å². The molecular formula is C12H11ClN4O2. The first-order chi connectivity index (χ1) is 8.99. The Morgan fingerprint density at radius 2 is 2.16 bits per heavy atom. The fourth-order valence-corrected chi connectivity index (χ4v) is 1.81. The number of hydrogen-bond acceptors (Lipinski definition) is 5. The van der Waals surface area contributed by atoms with Gasteiger partial charge in [-0.1, -0.05) is 12.1 Å². The number of nitro groups is 1. The predicted octanol–water partition coefficient (Wildman–Crippen LogP) is 3.11. The van der Waals surface area contributed by atoms with Crippen LogP contribution in [-0.4, -0.2) is 21.9 Å². The zero-order chi connectivity index (χ0) is 14.0. The van der Waals surface area contributed by atoms with Crippen LogP contribution in [0.4, 0.5) is 17.2 Å². The van der Waals surface area contributed by atoms with Crippen molar-refractivity contribution < 1.29 is 4.92 Å². The van der Waals surface area contributed by atoms with Crippen molar-refractivity contribution >= 4 is 28.8 Å². The Morgan fingerprint density at radius 3 is 2.79 bits per heavy atom. The van der Waals surface area contributed by atoms with Crippen LogP contribution in [-0.2, 0) is 0 Å². The molecule has 1 aromatic carbocycles. The van der Waals surface area contributed by atoms with Crippen molar-refractivity contribution in [3.63, 3.8) is 0 Å². The summed E-state index contributed by atoms with van der Waals surface area (Å²) >= 11 is 5.71. The maximum Gasteiger partial charge on any atom is 0.330 e. The highest BCUT2D eigenvalue weighted by Crippen LogP contribution is 2.30. The van der Waals surface area contributed by atoms with Crippen molar-refractivity contribution in [2.45, 2.75) is 6.92 Å². The van der Waals surface area contributed by atoms with Crippen LogP contribution in [0, 0.1) is 17.0 Å². The van der Waals surface area contributed by atoms with Crippen molar-refractivity contribution in [2.75, 3.05) is 11.9 Å². The molecule has 0 aliphatic rings. The topological polar surface area (TPSA) is 72.2 Å². The second kappa shape index (κ2) is 5.19. The first-order valence-electron chi connectivity index (χ1n) is 5.46. The Kier molecular flexibility index (Phi) is 3.62. The fraction of sp³-hybridized carbons (Fsp3) is 0.167. The quantitative estimate of drug-likeness (QED) is 0.490. The van der Waals surface area contributed by atoms with Gasteiger partial charge >= 0.3 is 5.69 Å². The van der Waals surface area contributed by atoms with Crippen LogP contribution in [0.25, 0.3) is 0 Å². The maximum absolute atomic E-state index is 11.0. The van der Waals surface area contributed by atoms with E-state index in [1.54, 1.807) is 11.9 Å². The highest BCUT2D eigenvalue weighted by Gasteiger charge is 2.21. The summed E-state index contributed by atoms with van der Waals surface area (Å²) in [6.07, 6.45) is 1.11. The molecule has 6 nitrogen and oxygen atoms in total. The first-order valence-corrected chi connectivity index (χ1v) is 5.84. The van der Waals surface area contributed by atoms with E-state index in [4.69, 9.17) is 11.6 Å². The number of rotatable bonds is 3. The van der Waals surface area contributed by atoms with Gasteiger partial charge in [-0.15, -0.1) is 0 Å². The molecule has 0 fully saturated rings. The van der Waals surface area contributed by atoms with Gasteiger partial charge < -0.3 is 4.90 Å². The zero-order valence-corrected chi connectivity index (χ0v) is 11.1. The van der Waals surface area contributed by atoms with Crippen molar-refractivity contribution in [1.82, 2.24) is 9.97 Å². The van der Waals surface area contributed by atoms with Gasteiger partial charge in [0.15, 0.2) is 0 Å². The largest absolute Gasteiger partial charge is 0.330 e. The van der Waals surface area contributed by atoms with Gasteiger partial charge in [-0.3, -0.25) is 10.1 Å². The molecule has 0 aliphatic heterocycles.